The standard InChI is InChI=1S/C40H49N7O7/c41-22-8-7-14-31(38(52)46-32(37(42)51)24-28-12-5-2-6-13-28)44-36(50)26-43-39(53)34-15-9-23-47(34)40(54)33(25-29-16-19-30(48)20-17-29)45-35(49)21-18-27-10-3-1-4-11-27/h1-6,10-13,16-21,31-34,48H,7-9,14-15,22-26,41H2,(H2,42,51)(H,43,53)(H,44,50)(H,45,49)(H,46,52). The summed E-state index contributed by atoms with van der Waals surface area (Å²) in [5, 5.41) is 20.4. The first kappa shape index (κ1) is 40.7. The lowest BCUT2D eigenvalue weighted by Gasteiger charge is -2.28. The Morgan fingerprint density at radius 2 is 1.44 bits per heavy atom. The van der Waals surface area contributed by atoms with E-state index in [1.807, 2.05) is 36.4 Å². The number of phenolic OH excluding ortho intramolecular Hbond substituents is 1. The van der Waals surface area contributed by atoms with Crippen molar-refractivity contribution in [2.75, 3.05) is 19.6 Å². The Balaban J connectivity index is 1.39. The highest BCUT2D eigenvalue weighted by molar-refractivity contribution is 5.98. The van der Waals surface area contributed by atoms with Crippen LogP contribution in [0.1, 0.15) is 48.8 Å². The Labute approximate surface area is 314 Å². The molecule has 0 aliphatic carbocycles. The number of nitrogens with one attached hydrogen (secondary N) is 4. The number of carbonyl (C=O) groups excluding carboxylic acids is 6. The Hall–Kier alpha value is -6.02. The van der Waals surface area contributed by atoms with Gasteiger partial charge in [0.2, 0.25) is 35.4 Å². The quantitative estimate of drug-likeness (QED) is 0.0694. The van der Waals surface area contributed by atoms with E-state index >= 15 is 0 Å². The third-order valence-electron chi connectivity index (χ3n) is 9.02. The van der Waals surface area contributed by atoms with Crippen molar-refractivity contribution in [2.24, 2.45) is 11.5 Å². The van der Waals surface area contributed by atoms with E-state index in [1.54, 1.807) is 42.5 Å². The van der Waals surface area contributed by atoms with Crippen molar-refractivity contribution in [3.8, 4) is 5.75 Å². The molecule has 1 heterocycles. The lowest BCUT2D eigenvalue weighted by atomic mass is 10.0. The molecule has 14 heteroatoms. The topological polar surface area (TPSA) is 226 Å². The lowest BCUT2D eigenvalue weighted by Crippen LogP contribution is -2.56. The fourth-order valence-electron chi connectivity index (χ4n) is 6.16. The summed E-state index contributed by atoms with van der Waals surface area (Å²) in [6.07, 6.45) is 5.45. The molecule has 1 aliphatic rings. The average molecular weight is 740 g/mol. The molecule has 1 aliphatic heterocycles. The zero-order valence-corrected chi connectivity index (χ0v) is 30.1. The molecule has 6 amide bonds. The Kier molecular flexibility index (Phi) is 15.8. The molecule has 0 spiro atoms. The average Bonchev–Trinajstić information content (AvgIpc) is 3.67. The number of phenols is 1. The van der Waals surface area contributed by atoms with E-state index in [0.29, 0.717) is 37.8 Å². The summed E-state index contributed by atoms with van der Waals surface area (Å²) in [5.41, 5.74) is 13.5. The van der Waals surface area contributed by atoms with Crippen LogP contribution in [0.4, 0.5) is 0 Å². The first-order valence-electron chi connectivity index (χ1n) is 18.1. The highest BCUT2D eigenvalue weighted by Gasteiger charge is 2.38. The van der Waals surface area contributed by atoms with Gasteiger partial charge in [0.1, 0.15) is 29.9 Å². The van der Waals surface area contributed by atoms with Crippen LogP contribution in [0.25, 0.3) is 6.08 Å². The van der Waals surface area contributed by atoms with Crippen molar-refractivity contribution >= 4 is 41.5 Å². The summed E-state index contributed by atoms with van der Waals surface area (Å²) in [7, 11) is 0. The number of hydrogen-bond donors (Lipinski definition) is 7. The maximum Gasteiger partial charge on any atom is 0.246 e. The maximum absolute atomic E-state index is 14.0. The Bertz CT molecular complexity index is 1750. The molecule has 1 saturated heterocycles. The van der Waals surface area contributed by atoms with Gasteiger partial charge in [-0.15, -0.1) is 0 Å². The molecule has 0 radical (unpaired) electrons. The van der Waals surface area contributed by atoms with Gasteiger partial charge in [0.05, 0.1) is 6.54 Å². The normalized spacial score (nSPS) is 15.5. The van der Waals surface area contributed by atoms with E-state index in [1.165, 1.54) is 23.1 Å². The van der Waals surface area contributed by atoms with Gasteiger partial charge in [-0.2, -0.15) is 0 Å². The molecular weight excluding hydrogens is 690 g/mol. The highest BCUT2D eigenvalue weighted by Crippen LogP contribution is 2.20. The number of primary amides is 1. The molecule has 9 N–H and O–H groups in total. The number of nitrogens with zero attached hydrogens (tertiary/aromatic N) is 1. The van der Waals surface area contributed by atoms with Gasteiger partial charge in [-0.1, -0.05) is 72.8 Å². The van der Waals surface area contributed by atoms with Crippen LogP contribution in [-0.2, 0) is 41.6 Å². The molecule has 4 atom stereocenters. The molecule has 1 fully saturated rings. The van der Waals surface area contributed by atoms with Gasteiger partial charge in [-0.25, -0.2) is 0 Å². The van der Waals surface area contributed by atoms with Gasteiger partial charge in [-0.3, -0.25) is 28.8 Å². The first-order valence-corrected chi connectivity index (χ1v) is 18.1. The molecule has 4 unspecified atom stereocenters. The summed E-state index contributed by atoms with van der Waals surface area (Å²) in [6.45, 7) is 0.175. The lowest BCUT2D eigenvalue weighted by molar-refractivity contribution is -0.141. The van der Waals surface area contributed by atoms with Crippen LogP contribution < -0.4 is 32.7 Å². The second-order valence-corrected chi connectivity index (χ2v) is 13.1. The number of benzene rings is 3. The third kappa shape index (κ3) is 12.9. The van der Waals surface area contributed by atoms with E-state index in [-0.39, 0.29) is 31.6 Å². The largest absolute Gasteiger partial charge is 0.508 e. The second-order valence-electron chi connectivity index (χ2n) is 13.1. The second kappa shape index (κ2) is 20.9. The fourth-order valence-corrected chi connectivity index (χ4v) is 6.16. The molecule has 286 valence electrons. The molecule has 3 aromatic rings. The molecule has 0 saturated carbocycles. The summed E-state index contributed by atoms with van der Waals surface area (Å²) < 4.78 is 0. The summed E-state index contributed by atoms with van der Waals surface area (Å²) in [4.78, 5) is 80.4. The zero-order valence-electron chi connectivity index (χ0n) is 30.1. The number of hydrogen-bond acceptors (Lipinski definition) is 8. The van der Waals surface area contributed by atoms with Gasteiger partial charge >= 0.3 is 0 Å². The minimum Gasteiger partial charge on any atom is -0.508 e. The number of likely N-dealkylation sites (tertiary alicyclic amines) is 1. The molecule has 3 aromatic carbocycles. The SMILES string of the molecule is NCCCCC(NC(=O)CNC(=O)C1CCCN1C(=O)C(Cc1ccc(O)cc1)NC(=O)C=Cc1ccccc1)C(=O)NC(Cc1ccccc1)C(N)=O. The van der Waals surface area contributed by atoms with Crippen molar-refractivity contribution in [1.82, 2.24) is 26.2 Å². The van der Waals surface area contributed by atoms with Crippen molar-refractivity contribution in [3.63, 3.8) is 0 Å². The van der Waals surface area contributed by atoms with Gasteiger partial charge in [0, 0.05) is 25.5 Å². The smallest absolute Gasteiger partial charge is 0.246 e. The summed E-state index contributed by atoms with van der Waals surface area (Å²) in [6, 6.07) is 20.5. The molecule has 54 heavy (non-hydrogen) atoms. The van der Waals surface area contributed by atoms with Crippen LogP contribution in [0.2, 0.25) is 0 Å². The number of rotatable bonds is 19. The van der Waals surface area contributed by atoms with Crippen molar-refractivity contribution < 1.29 is 33.9 Å². The van der Waals surface area contributed by atoms with Crippen molar-refractivity contribution in [1.29, 1.82) is 0 Å². The Morgan fingerprint density at radius 1 is 0.796 bits per heavy atom. The predicted octanol–water partition coefficient (Wildman–Crippen LogP) is 1.07. The van der Waals surface area contributed by atoms with Gasteiger partial charge in [0.15, 0.2) is 0 Å². The van der Waals surface area contributed by atoms with Crippen LogP contribution >= 0.6 is 0 Å². The molecular formula is C40H49N7O7. The number of carbonyl (C=O) groups is 6. The van der Waals surface area contributed by atoms with Gasteiger partial charge in [0.25, 0.3) is 0 Å². The van der Waals surface area contributed by atoms with E-state index in [2.05, 4.69) is 21.3 Å². The molecule has 4 rings (SSSR count). The third-order valence-corrected chi connectivity index (χ3v) is 9.02. The van der Waals surface area contributed by atoms with Crippen LogP contribution in [0.3, 0.4) is 0 Å². The highest BCUT2D eigenvalue weighted by atomic mass is 16.3. The van der Waals surface area contributed by atoms with E-state index in [9.17, 15) is 33.9 Å². The maximum atomic E-state index is 14.0. The van der Waals surface area contributed by atoms with Crippen LogP contribution in [0.5, 0.6) is 5.75 Å². The minimum absolute atomic E-state index is 0.0530. The zero-order chi connectivity index (χ0) is 38.9. The summed E-state index contributed by atoms with van der Waals surface area (Å²) >= 11 is 0. The molecule has 0 aromatic heterocycles. The summed E-state index contributed by atoms with van der Waals surface area (Å²) in [5.74, 6) is -3.45. The van der Waals surface area contributed by atoms with E-state index in [4.69, 9.17) is 11.5 Å². The van der Waals surface area contributed by atoms with Crippen LogP contribution in [0, 0.1) is 0 Å². The van der Waals surface area contributed by atoms with Gasteiger partial charge in [-0.05, 0) is 73.5 Å². The minimum atomic E-state index is -1.03. The van der Waals surface area contributed by atoms with Crippen molar-refractivity contribution in [3.05, 3.63) is 108 Å². The van der Waals surface area contributed by atoms with Crippen LogP contribution in [-0.4, -0.2) is 89.3 Å². The van der Waals surface area contributed by atoms with E-state index in [0.717, 1.165) is 11.1 Å². The number of amides is 6. The Morgan fingerprint density at radius 3 is 2.11 bits per heavy atom. The fraction of sp³-hybridized carbons (Fsp3) is 0.350. The monoisotopic (exact) mass is 739 g/mol. The number of unbranched alkanes of at least 4 members (excludes halogenated alkanes) is 1. The first-order chi connectivity index (χ1) is 26.0. The van der Waals surface area contributed by atoms with Crippen LogP contribution in [0.15, 0.2) is 91.0 Å². The van der Waals surface area contributed by atoms with Crippen molar-refractivity contribution in [2.45, 2.75) is 69.1 Å². The van der Waals surface area contributed by atoms with Gasteiger partial charge < -0.3 is 42.7 Å². The number of nitrogens with two attached hydrogens (primary N) is 2. The number of aromatic hydroxyl groups is 1. The molecule has 14 nitrogen and oxygen atoms in total. The predicted molar refractivity (Wildman–Crippen MR) is 203 cm³/mol. The van der Waals surface area contributed by atoms with E-state index < -0.39 is 66.2 Å². The molecule has 0 bridgehead atoms.